The normalized spacial score (nSPS) is 12.4. The molecule has 0 aliphatic heterocycles. The molecular formula is C13H13NOS. The Morgan fingerprint density at radius 1 is 1.12 bits per heavy atom. The van der Waals surface area contributed by atoms with Crippen LogP contribution >= 0.6 is 11.8 Å². The molecule has 0 radical (unpaired) electrons. The standard InChI is InChI=1S/C13H13NOS/c1-10(15)11-7-8-13(14-9-11)16-12-5-3-2-4-6-12/h2-10,15H,1H3/t10-/m1/s1. The van der Waals surface area contributed by atoms with Crippen molar-refractivity contribution in [1.82, 2.24) is 4.98 Å². The predicted octanol–water partition coefficient (Wildman–Crippen LogP) is 3.29. The van der Waals surface area contributed by atoms with Gasteiger partial charge in [-0.25, -0.2) is 4.98 Å². The Balaban J connectivity index is 2.11. The molecule has 0 bridgehead atoms. The topological polar surface area (TPSA) is 33.1 Å². The maximum Gasteiger partial charge on any atom is 0.101 e. The summed E-state index contributed by atoms with van der Waals surface area (Å²) in [7, 11) is 0. The van der Waals surface area contributed by atoms with Gasteiger partial charge in [0.05, 0.1) is 6.10 Å². The zero-order valence-electron chi connectivity index (χ0n) is 9.00. The Kier molecular flexibility index (Phi) is 3.59. The molecule has 2 aromatic rings. The van der Waals surface area contributed by atoms with Crippen LogP contribution in [-0.4, -0.2) is 10.1 Å². The fourth-order valence-electron chi connectivity index (χ4n) is 1.31. The van der Waals surface area contributed by atoms with Gasteiger partial charge in [-0.05, 0) is 30.7 Å². The van der Waals surface area contributed by atoms with Crippen LogP contribution in [0.5, 0.6) is 0 Å². The van der Waals surface area contributed by atoms with Crippen molar-refractivity contribution in [3.8, 4) is 0 Å². The van der Waals surface area contributed by atoms with Crippen LogP contribution in [0.25, 0.3) is 0 Å². The van der Waals surface area contributed by atoms with Crippen molar-refractivity contribution >= 4 is 11.8 Å². The molecule has 0 unspecified atom stereocenters. The van der Waals surface area contributed by atoms with Crippen LogP contribution in [0.3, 0.4) is 0 Å². The minimum absolute atomic E-state index is 0.455. The smallest absolute Gasteiger partial charge is 0.101 e. The Bertz CT molecular complexity index is 439. The van der Waals surface area contributed by atoms with Crippen molar-refractivity contribution in [2.24, 2.45) is 0 Å². The molecule has 0 fully saturated rings. The van der Waals surface area contributed by atoms with E-state index in [1.54, 1.807) is 24.9 Å². The summed E-state index contributed by atoms with van der Waals surface area (Å²) in [5.41, 5.74) is 0.845. The Labute approximate surface area is 99.4 Å². The number of hydrogen-bond donors (Lipinski definition) is 1. The van der Waals surface area contributed by atoms with Crippen molar-refractivity contribution in [2.45, 2.75) is 22.9 Å². The SMILES string of the molecule is C[C@@H](O)c1ccc(Sc2ccccc2)nc1. The molecule has 0 aliphatic rings. The molecule has 0 saturated carbocycles. The molecule has 3 heteroatoms. The number of benzene rings is 1. The zero-order valence-corrected chi connectivity index (χ0v) is 9.82. The molecule has 82 valence electrons. The fraction of sp³-hybridized carbons (Fsp3) is 0.154. The van der Waals surface area contributed by atoms with Gasteiger partial charge in [-0.1, -0.05) is 36.0 Å². The summed E-state index contributed by atoms with van der Waals surface area (Å²) in [6, 6.07) is 13.9. The molecule has 0 spiro atoms. The Morgan fingerprint density at radius 3 is 2.44 bits per heavy atom. The predicted molar refractivity (Wildman–Crippen MR) is 65.4 cm³/mol. The Morgan fingerprint density at radius 2 is 1.88 bits per heavy atom. The quantitative estimate of drug-likeness (QED) is 0.880. The van der Waals surface area contributed by atoms with Gasteiger partial charge in [0.15, 0.2) is 0 Å². The first-order valence-electron chi connectivity index (χ1n) is 5.12. The number of rotatable bonds is 3. The first kappa shape index (κ1) is 11.2. The largest absolute Gasteiger partial charge is 0.389 e. The summed E-state index contributed by atoms with van der Waals surface area (Å²) in [6.45, 7) is 1.74. The first-order chi connectivity index (χ1) is 7.75. The van der Waals surface area contributed by atoms with Crippen molar-refractivity contribution in [3.63, 3.8) is 0 Å². The minimum atomic E-state index is -0.455. The molecule has 0 saturated heterocycles. The number of nitrogens with zero attached hydrogens (tertiary/aromatic N) is 1. The molecule has 0 amide bonds. The van der Waals surface area contributed by atoms with E-state index in [1.165, 1.54) is 4.90 Å². The van der Waals surface area contributed by atoms with Crippen LogP contribution < -0.4 is 0 Å². The van der Waals surface area contributed by atoms with Gasteiger partial charge >= 0.3 is 0 Å². The summed E-state index contributed by atoms with van der Waals surface area (Å²) in [5, 5.41) is 10.3. The van der Waals surface area contributed by atoms with Crippen molar-refractivity contribution in [1.29, 1.82) is 0 Å². The zero-order chi connectivity index (χ0) is 11.4. The van der Waals surface area contributed by atoms with Gasteiger partial charge in [0, 0.05) is 11.1 Å². The van der Waals surface area contributed by atoms with E-state index in [4.69, 9.17) is 0 Å². The molecule has 1 aromatic carbocycles. The van der Waals surface area contributed by atoms with E-state index < -0.39 is 6.10 Å². The van der Waals surface area contributed by atoms with E-state index in [1.807, 2.05) is 30.3 Å². The molecular weight excluding hydrogens is 218 g/mol. The van der Waals surface area contributed by atoms with Crippen LogP contribution in [0.4, 0.5) is 0 Å². The lowest BCUT2D eigenvalue weighted by Crippen LogP contribution is -1.91. The van der Waals surface area contributed by atoms with Crippen molar-refractivity contribution in [3.05, 3.63) is 54.2 Å². The average molecular weight is 231 g/mol. The minimum Gasteiger partial charge on any atom is -0.389 e. The molecule has 16 heavy (non-hydrogen) atoms. The summed E-state index contributed by atoms with van der Waals surface area (Å²) < 4.78 is 0. The second-order valence-corrected chi connectivity index (χ2v) is 4.61. The number of aliphatic hydroxyl groups is 1. The molecule has 1 atom stereocenters. The lowest BCUT2D eigenvalue weighted by Gasteiger charge is -2.05. The second kappa shape index (κ2) is 5.14. The number of aliphatic hydroxyl groups excluding tert-OH is 1. The van der Waals surface area contributed by atoms with Crippen molar-refractivity contribution < 1.29 is 5.11 Å². The fourth-order valence-corrected chi connectivity index (χ4v) is 2.08. The van der Waals surface area contributed by atoms with Gasteiger partial charge in [0.1, 0.15) is 5.03 Å². The highest BCUT2D eigenvalue weighted by molar-refractivity contribution is 7.99. The van der Waals surface area contributed by atoms with Crippen LogP contribution in [0, 0.1) is 0 Å². The van der Waals surface area contributed by atoms with Gasteiger partial charge in [-0.15, -0.1) is 0 Å². The lowest BCUT2D eigenvalue weighted by atomic mass is 10.2. The van der Waals surface area contributed by atoms with Crippen LogP contribution in [-0.2, 0) is 0 Å². The summed E-state index contributed by atoms with van der Waals surface area (Å²) in [4.78, 5) is 5.46. The third kappa shape index (κ3) is 2.84. The molecule has 2 nitrogen and oxygen atoms in total. The van der Waals surface area contributed by atoms with Crippen LogP contribution in [0.2, 0.25) is 0 Å². The summed E-state index contributed by atoms with van der Waals surface area (Å²) in [6.07, 6.45) is 1.26. The van der Waals surface area contributed by atoms with Crippen LogP contribution in [0.15, 0.2) is 58.6 Å². The van der Waals surface area contributed by atoms with Gasteiger partial charge < -0.3 is 5.11 Å². The van der Waals surface area contributed by atoms with E-state index in [0.29, 0.717) is 0 Å². The third-order valence-corrected chi connectivity index (χ3v) is 3.17. The highest BCUT2D eigenvalue weighted by Crippen LogP contribution is 2.26. The molecule has 1 heterocycles. The van der Waals surface area contributed by atoms with E-state index in [-0.39, 0.29) is 0 Å². The van der Waals surface area contributed by atoms with E-state index >= 15 is 0 Å². The van der Waals surface area contributed by atoms with Gasteiger partial charge in [-0.2, -0.15) is 0 Å². The molecule has 1 N–H and O–H groups in total. The molecule has 1 aromatic heterocycles. The van der Waals surface area contributed by atoms with E-state index in [9.17, 15) is 5.11 Å². The molecule has 2 rings (SSSR count). The Hall–Kier alpha value is -1.32. The van der Waals surface area contributed by atoms with Gasteiger partial charge in [0.2, 0.25) is 0 Å². The van der Waals surface area contributed by atoms with Crippen LogP contribution in [0.1, 0.15) is 18.6 Å². The second-order valence-electron chi connectivity index (χ2n) is 3.52. The third-order valence-electron chi connectivity index (χ3n) is 2.21. The highest BCUT2D eigenvalue weighted by Gasteiger charge is 2.02. The average Bonchev–Trinajstić information content (AvgIpc) is 2.31. The van der Waals surface area contributed by atoms with E-state index in [0.717, 1.165) is 10.6 Å². The first-order valence-corrected chi connectivity index (χ1v) is 5.94. The van der Waals surface area contributed by atoms with Gasteiger partial charge in [-0.3, -0.25) is 0 Å². The van der Waals surface area contributed by atoms with Gasteiger partial charge in [0.25, 0.3) is 0 Å². The lowest BCUT2D eigenvalue weighted by molar-refractivity contribution is 0.198. The highest BCUT2D eigenvalue weighted by atomic mass is 32.2. The summed E-state index contributed by atoms with van der Waals surface area (Å²) in [5.74, 6) is 0. The number of hydrogen-bond acceptors (Lipinski definition) is 3. The van der Waals surface area contributed by atoms with E-state index in [2.05, 4.69) is 17.1 Å². The van der Waals surface area contributed by atoms with Crippen molar-refractivity contribution in [2.75, 3.05) is 0 Å². The maximum atomic E-state index is 9.36. The summed E-state index contributed by atoms with van der Waals surface area (Å²) >= 11 is 1.62. The number of pyridine rings is 1. The maximum absolute atomic E-state index is 9.36. The molecule has 0 aliphatic carbocycles. The monoisotopic (exact) mass is 231 g/mol. The number of aromatic nitrogens is 1.